The molecule has 1 aliphatic heterocycles. The topological polar surface area (TPSA) is 69.6 Å². The van der Waals surface area contributed by atoms with Crippen LogP contribution in [0, 0.1) is 0 Å². The number of aliphatic hydroxyl groups excluding tert-OH is 1. The number of carbonyl (C=O) groups is 2. The van der Waals surface area contributed by atoms with E-state index < -0.39 is 5.54 Å². The zero-order valence-electron chi connectivity index (χ0n) is 11.5. The Balaban J connectivity index is 1.87. The molecule has 2 N–H and O–H groups in total. The molecule has 2 atom stereocenters. The lowest BCUT2D eigenvalue weighted by Crippen LogP contribution is -2.44. The second-order valence-corrected chi connectivity index (χ2v) is 6.98. The fourth-order valence-corrected chi connectivity index (χ4v) is 3.60. The molecule has 1 aliphatic carbocycles. The zero-order valence-corrected chi connectivity index (χ0v) is 12.3. The number of hydrogen-bond acceptors (Lipinski definition) is 4. The van der Waals surface area contributed by atoms with Crippen LogP contribution in [0.4, 0.5) is 4.79 Å². The molecule has 1 saturated heterocycles. The van der Waals surface area contributed by atoms with Crippen molar-refractivity contribution in [3.63, 3.8) is 0 Å². The second kappa shape index (κ2) is 5.71. The van der Waals surface area contributed by atoms with E-state index in [1.807, 2.05) is 6.92 Å². The van der Waals surface area contributed by atoms with Gasteiger partial charge in [-0.25, -0.2) is 4.79 Å². The maximum absolute atomic E-state index is 12.3. The first-order valence-corrected chi connectivity index (χ1v) is 7.95. The third-order valence-electron chi connectivity index (χ3n) is 4.08. The number of urea groups is 1. The van der Waals surface area contributed by atoms with Crippen LogP contribution in [-0.2, 0) is 4.79 Å². The maximum atomic E-state index is 12.3. The molecule has 1 saturated carbocycles. The number of nitrogens with zero attached hydrogens (tertiary/aromatic N) is 1. The number of rotatable bonds is 5. The number of aliphatic hydroxyl groups is 1. The fourth-order valence-electron chi connectivity index (χ4n) is 2.67. The largest absolute Gasteiger partial charge is 0.392 e. The number of thioether (sulfide) groups is 1. The van der Waals surface area contributed by atoms with Crippen molar-refractivity contribution in [2.24, 2.45) is 0 Å². The second-order valence-electron chi connectivity index (χ2n) is 5.49. The molecule has 6 heteroatoms. The number of imide groups is 1. The molecule has 2 unspecified atom stereocenters. The van der Waals surface area contributed by atoms with Gasteiger partial charge in [0.1, 0.15) is 5.54 Å². The molecule has 2 rings (SSSR count). The standard InChI is InChI=1S/C13H22N2O3S/c1-9(16)10(2)19-8-7-15-11(17)13(14-12(15)18)5-3-4-6-13/h9-10,16H,3-8H2,1-2H3,(H,14,18). The van der Waals surface area contributed by atoms with Crippen molar-refractivity contribution in [3.05, 3.63) is 0 Å². The molecule has 0 aromatic rings. The van der Waals surface area contributed by atoms with Crippen molar-refractivity contribution in [2.75, 3.05) is 12.3 Å². The van der Waals surface area contributed by atoms with Crippen LogP contribution in [0.1, 0.15) is 39.5 Å². The summed E-state index contributed by atoms with van der Waals surface area (Å²) >= 11 is 1.58. The molecule has 19 heavy (non-hydrogen) atoms. The Kier molecular flexibility index (Phi) is 4.40. The van der Waals surface area contributed by atoms with Crippen LogP contribution in [0.5, 0.6) is 0 Å². The SMILES string of the molecule is CC(O)C(C)SCCN1C(=O)NC2(CCCC2)C1=O. The van der Waals surface area contributed by atoms with Gasteiger partial charge >= 0.3 is 6.03 Å². The third kappa shape index (κ3) is 2.89. The van der Waals surface area contributed by atoms with E-state index in [0.29, 0.717) is 12.3 Å². The summed E-state index contributed by atoms with van der Waals surface area (Å²) in [6.07, 6.45) is 3.17. The minimum atomic E-state index is -0.600. The molecule has 1 spiro atoms. The highest BCUT2D eigenvalue weighted by Crippen LogP contribution is 2.35. The van der Waals surface area contributed by atoms with Gasteiger partial charge in [-0.05, 0) is 19.8 Å². The number of hydrogen-bond donors (Lipinski definition) is 2. The van der Waals surface area contributed by atoms with Crippen LogP contribution >= 0.6 is 11.8 Å². The summed E-state index contributed by atoms with van der Waals surface area (Å²) < 4.78 is 0. The van der Waals surface area contributed by atoms with Crippen molar-refractivity contribution in [1.29, 1.82) is 0 Å². The maximum Gasteiger partial charge on any atom is 0.325 e. The van der Waals surface area contributed by atoms with Crippen LogP contribution in [0.2, 0.25) is 0 Å². The van der Waals surface area contributed by atoms with Crippen LogP contribution in [-0.4, -0.2) is 51.1 Å². The van der Waals surface area contributed by atoms with Gasteiger partial charge in [0.2, 0.25) is 0 Å². The summed E-state index contributed by atoms with van der Waals surface area (Å²) in [7, 11) is 0. The molecule has 3 amide bonds. The highest BCUT2D eigenvalue weighted by atomic mass is 32.2. The van der Waals surface area contributed by atoms with Crippen LogP contribution in [0.3, 0.4) is 0 Å². The molecule has 108 valence electrons. The molecule has 2 aliphatic rings. The average Bonchev–Trinajstić information content (AvgIpc) is 2.90. The predicted molar refractivity (Wildman–Crippen MR) is 75.0 cm³/mol. The van der Waals surface area contributed by atoms with Crippen LogP contribution in [0.15, 0.2) is 0 Å². The Morgan fingerprint density at radius 3 is 2.58 bits per heavy atom. The van der Waals surface area contributed by atoms with Gasteiger partial charge in [0.15, 0.2) is 0 Å². The number of amides is 3. The van der Waals surface area contributed by atoms with Gasteiger partial charge in [-0.1, -0.05) is 19.8 Å². The van der Waals surface area contributed by atoms with E-state index in [1.54, 1.807) is 18.7 Å². The van der Waals surface area contributed by atoms with E-state index in [1.165, 1.54) is 4.90 Å². The minimum Gasteiger partial charge on any atom is -0.392 e. The van der Waals surface area contributed by atoms with E-state index in [2.05, 4.69) is 5.32 Å². The highest BCUT2D eigenvalue weighted by molar-refractivity contribution is 7.99. The minimum absolute atomic E-state index is 0.0553. The van der Waals surface area contributed by atoms with E-state index in [9.17, 15) is 14.7 Å². The van der Waals surface area contributed by atoms with Gasteiger partial charge in [-0.3, -0.25) is 9.69 Å². The predicted octanol–water partition coefficient (Wildman–Crippen LogP) is 1.35. The van der Waals surface area contributed by atoms with Crippen LogP contribution in [0.25, 0.3) is 0 Å². The van der Waals surface area contributed by atoms with Crippen molar-refractivity contribution >= 4 is 23.7 Å². The molecule has 0 aromatic heterocycles. The summed E-state index contributed by atoms with van der Waals surface area (Å²) in [6, 6.07) is -0.253. The lowest BCUT2D eigenvalue weighted by atomic mass is 9.98. The van der Waals surface area contributed by atoms with Gasteiger partial charge < -0.3 is 10.4 Å². The van der Waals surface area contributed by atoms with Crippen molar-refractivity contribution < 1.29 is 14.7 Å². The Hall–Kier alpha value is -0.750. The van der Waals surface area contributed by atoms with E-state index >= 15 is 0 Å². The first kappa shape index (κ1) is 14.7. The Bertz CT molecular complexity index is 367. The Morgan fingerprint density at radius 1 is 1.37 bits per heavy atom. The quantitative estimate of drug-likeness (QED) is 0.749. The molecule has 5 nitrogen and oxygen atoms in total. The Labute approximate surface area is 118 Å². The average molecular weight is 286 g/mol. The third-order valence-corrected chi connectivity index (χ3v) is 5.42. The monoisotopic (exact) mass is 286 g/mol. The molecular formula is C13H22N2O3S. The molecule has 1 heterocycles. The fraction of sp³-hybridized carbons (Fsp3) is 0.846. The first-order valence-electron chi connectivity index (χ1n) is 6.90. The zero-order chi connectivity index (χ0) is 14.0. The van der Waals surface area contributed by atoms with Crippen molar-refractivity contribution in [2.45, 2.75) is 56.4 Å². The lowest BCUT2D eigenvalue weighted by Gasteiger charge is -2.20. The summed E-state index contributed by atoms with van der Waals surface area (Å²) in [5.41, 5.74) is -0.600. The molecule has 2 fully saturated rings. The van der Waals surface area contributed by atoms with E-state index in [4.69, 9.17) is 0 Å². The number of carbonyl (C=O) groups excluding carboxylic acids is 2. The van der Waals surface area contributed by atoms with Gasteiger partial charge in [-0.15, -0.1) is 0 Å². The van der Waals surface area contributed by atoms with Gasteiger partial charge in [0, 0.05) is 17.5 Å². The highest BCUT2D eigenvalue weighted by Gasteiger charge is 2.52. The lowest BCUT2D eigenvalue weighted by molar-refractivity contribution is -0.130. The van der Waals surface area contributed by atoms with Gasteiger partial charge in [-0.2, -0.15) is 11.8 Å². The molecule has 0 bridgehead atoms. The first-order chi connectivity index (χ1) is 8.96. The molecule has 0 radical (unpaired) electrons. The molecular weight excluding hydrogens is 264 g/mol. The normalized spacial score (nSPS) is 24.9. The van der Waals surface area contributed by atoms with E-state index in [0.717, 1.165) is 25.7 Å². The Morgan fingerprint density at radius 2 is 2.00 bits per heavy atom. The summed E-state index contributed by atoms with van der Waals surface area (Å²) in [4.78, 5) is 25.6. The van der Waals surface area contributed by atoms with Crippen molar-refractivity contribution in [1.82, 2.24) is 10.2 Å². The smallest absolute Gasteiger partial charge is 0.325 e. The van der Waals surface area contributed by atoms with Gasteiger partial charge in [0.05, 0.1) is 6.10 Å². The summed E-state index contributed by atoms with van der Waals surface area (Å²) in [5.74, 6) is 0.613. The van der Waals surface area contributed by atoms with E-state index in [-0.39, 0.29) is 23.3 Å². The van der Waals surface area contributed by atoms with Gasteiger partial charge in [0.25, 0.3) is 5.91 Å². The van der Waals surface area contributed by atoms with Crippen LogP contribution < -0.4 is 5.32 Å². The molecule has 0 aromatic carbocycles. The summed E-state index contributed by atoms with van der Waals surface area (Å²) in [5, 5.41) is 12.4. The summed E-state index contributed by atoms with van der Waals surface area (Å²) in [6.45, 7) is 4.12. The number of nitrogens with one attached hydrogen (secondary N) is 1. The van der Waals surface area contributed by atoms with Crippen molar-refractivity contribution in [3.8, 4) is 0 Å².